The van der Waals surface area contributed by atoms with Gasteiger partial charge in [0.1, 0.15) is 39.8 Å². The molecule has 192 valence electrons. The molecule has 0 amide bonds. The summed E-state index contributed by atoms with van der Waals surface area (Å²) in [4.78, 5) is -1.59. The van der Waals surface area contributed by atoms with Gasteiger partial charge in [-0.05, 0) is 43.2 Å². The smallest absolute Gasteiger partial charge is 0.294 e. The van der Waals surface area contributed by atoms with Crippen molar-refractivity contribution in [3.05, 3.63) is 80.1 Å². The van der Waals surface area contributed by atoms with E-state index >= 15 is 0 Å². The van der Waals surface area contributed by atoms with Gasteiger partial charge in [-0.2, -0.15) is 8.42 Å². The minimum absolute atomic E-state index is 0.0265. The minimum Gasteiger partial charge on any atom is -0.744 e. The maximum Gasteiger partial charge on any atom is 0.294 e. The highest BCUT2D eigenvalue weighted by Crippen LogP contribution is 2.44. The molecule has 37 heavy (non-hydrogen) atoms. The van der Waals surface area contributed by atoms with Gasteiger partial charge >= 0.3 is 0 Å². The first-order chi connectivity index (χ1) is 17.4. The van der Waals surface area contributed by atoms with E-state index in [-0.39, 0.29) is 27.5 Å². The molecule has 3 aromatic carbocycles. The summed E-state index contributed by atoms with van der Waals surface area (Å²) in [6.45, 7) is 1.77. The fraction of sp³-hybridized carbons (Fsp3) is 0.240. The van der Waals surface area contributed by atoms with Gasteiger partial charge in [-0.15, -0.1) is 0 Å². The molecule has 0 saturated carbocycles. The third kappa shape index (κ3) is 3.88. The number of hydrogen-bond acceptors (Lipinski definition) is 6. The van der Waals surface area contributed by atoms with E-state index in [1.165, 1.54) is 6.07 Å². The summed E-state index contributed by atoms with van der Waals surface area (Å²) < 4.78 is 93.0. The third-order valence-corrected chi connectivity index (χ3v) is 9.13. The molecule has 6 rings (SSSR count). The summed E-state index contributed by atoms with van der Waals surface area (Å²) in [5.74, 6) is -0.371. The van der Waals surface area contributed by atoms with Crippen molar-refractivity contribution < 1.29 is 35.1 Å². The predicted octanol–water partition coefficient (Wildman–Crippen LogP) is 2.37. The lowest BCUT2D eigenvalue weighted by molar-refractivity contribution is 0.434. The van der Waals surface area contributed by atoms with Crippen molar-refractivity contribution in [2.24, 2.45) is 0 Å². The summed E-state index contributed by atoms with van der Waals surface area (Å²) >= 11 is 6.31. The number of fused-ring (bicyclic) bond motifs is 3. The second-order valence-corrected chi connectivity index (χ2v) is 12.4. The number of hydrogen-bond donors (Lipinski definition) is 1. The van der Waals surface area contributed by atoms with Gasteiger partial charge in [0.05, 0.1) is 15.4 Å². The Balaban J connectivity index is 1.82. The van der Waals surface area contributed by atoms with E-state index in [4.69, 9.17) is 16.3 Å². The van der Waals surface area contributed by atoms with Crippen molar-refractivity contribution >= 4 is 37.4 Å². The summed E-state index contributed by atoms with van der Waals surface area (Å²) in [6.07, 6.45) is 3.24. The average molecular weight is 564 g/mol. The lowest BCUT2D eigenvalue weighted by Gasteiger charge is -2.27. The van der Waals surface area contributed by atoms with E-state index in [2.05, 4.69) is 4.58 Å². The van der Waals surface area contributed by atoms with Crippen LogP contribution < -0.4 is 19.9 Å². The van der Waals surface area contributed by atoms with Crippen molar-refractivity contribution in [3.63, 3.8) is 0 Å². The van der Waals surface area contributed by atoms with Gasteiger partial charge in [-0.3, -0.25) is 4.55 Å². The first kappa shape index (κ1) is 24.5. The number of nitrogens with zero attached hydrogens (tertiary/aromatic N) is 1. The number of halogens is 2. The largest absolute Gasteiger partial charge is 0.744 e. The average Bonchev–Trinajstić information content (AvgIpc) is 2.84. The molecule has 0 unspecified atom stereocenters. The van der Waals surface area contributed by atoms with E-state index in [1.54, 1.807) is 0 Å². The molecule has 3 aliphatic rings. The van der Waals surface area contributed by atoms with Crippen LogP contribution in [0.15, 0.2) is 46.2 Å². The topological polar surface area (TPSA) is 124 Å². The summed E-state index contributed by atoms with van der Waals surface area (Å²) in [7, 11) is -10.0. The maximum atomic E-state index is 14.5. The van der Waals surface area contributed by atoms with Crippen LogP contribution in [-0.2, 0) is 33.1 Å². The van der Waals surface area contributed by atoms with Crippen LogP contribution in [-0.4, -0.2) is 39.0 Å². The van der Waals surface area contributed by atoms with E-state index in [1.807, 2.05) is 6.07 Å². The van der Waals surface area contributed by atoms with Crippen LogP contribution in [0.4, 0.5) is 4.39 Å². The Morgan fingerprint density at radius 3 is 2.38 bits per heavy atom. The first-order valence-corrected chi connectivity index (χ1v) is 14.7. The van der Waals surface area contributed by atoms with Crippen molar-refractivity contribution in [2.45, 2.75) is 35.5 Å². The Hall–Kier alpha value is -2.83. The van der Waals surface area contributed by atoms with Crippen LogP contribution in [0.1, 0.15) is 35.1 Å². The Morgan fingerprint density at radius 1 is 0.973 bits per heavy atom. The lowest BCUT2D eigenvalue weighted by Crippen LogP contribution is -2.45. The summed E-state index contributed by atoms with van der Waals surface area (Å²) in [5.41, 5.74) is 2.32. The SMILES string of the molecule is O=S(=O)([O-])c1cc(S(=O)(=O)O)ccc1C1=c2cc3c4c(c2Oc2c1ccc(F)c2Cl)CCC[N+]=4CCC3. The van der Waals surface area contributed by atoms with Gasteiger partial charge in [-0.1, -0.05) is 17.7 Å². The Kier molecular flexibility index (Phi) is 5.52. The second-order valence-electron chi connectivity index (χ2n) is 9.24. The molecular formula is C25H19ClFNO7S2. The highest BCUT2D eigenvalue weighted by atomic mass is 35.5. The monoisotopic (exact) mass is 563 g/mol. The highest BCUT2D eigenvalue weighted by Gasteiger charge is 2.33. The van der Waals surface area contributed by atoms with Crippen LogP contribution >= 0.6 is 11.6 Å². The van der Waals surface area contributed by atoms with Crippen molar-refractivity contribution in [3.8, 4) is 11.5 Å². The molecule has 0 atom stereocenters. The number of aryl methyl sites for hydroxylation is 1. The van der Waals surface area contributed by atoms with Gasteiger partial charge < -0.3 is 9.29 Å². The first-order valence-electron chi connectivity index (χ1n) is 11.5. The molecule has 1 N–H and O–H groups in total. The normalized spacial score (nSPS) is 16.5. The number of rotatable bonds is 3. The molecule has 3 heterocycles. The summed E-state index contributed by atoms with van der Waals surface area (Å²) in [6, 6.07) is 7.16. The molecule has 8 nitrogen and oxygen atoms in total. The molecule has 12 heteroatoms. The molecule has 0 radical (unpaired) electrons. The fourth-order valence-electron chi connectivity index (χ4n) is 5.58. The zero-order chi connectivity index (χ0) is 26.3. The molecule has 3 aliphatic heterocycles. The molecule has 3 aromatic rings. The molecule has 0 bridgehead atoms. The molecule has 0 fully saturated rings. The maximum absolute atomic E-state index is 14.5. The van der Waals surface area contributed by atoms with Gasteiger partial charge in [0.25, 0.3) is 10.1 Å². The van der Waals surface area contributed by atoms with Gasteiger partial charge in [0.2, 0.25) is 5.36 Å². The highest BCUT2D eigenvalue weighted by molar-refractivity contribution is 7.86. The van der Waals surface area contributed by atoms with Crippen molar-refractivity contribution in [2.75, 3.05) is 13.1 Å². The van der Waals surface area contributed by atoms with Gasteiger partial charge in [0.15, 0.2) is 5.75 Å². The third-order valence-electron chi connectivity index (χ3n) is 7.05. The molecular weight excluding hydrogens is 545 g/mol. The van der Waals surface area contributed by atoms with Crippen LogP contribution in [0.2, 0.25) is 5.02 Å². The van der Waals surface area contributed by atoms with E-state index < -0.39 is 35.8 Å². The van der Waals surface area contributed by atoms with Crippen LogP contribution in [0, 0.1) is 5.82 Å². The number of ether oxygens (including phenoxy) is 1. The van der Waals surface area contributed by atoms with Crippen LogP contribution in [0.3, 0.4) is 0 Å². The number of benzene rings is 3. The van der Waals surface area contributed by atoms with Gasteiger partial charge in [-0.25, -0.2) is 17.4 Å². The Labute approximate surface area is 216 Å². The summed E-state index contributed by atoms with van der Waals surface area (Å²) in [5, 5.41) is 1.24. The quantitative estimate of drug-likeness (QED) is 0.300. The Bertz CT molecular complexity index is 1880. The Morgan fingerprint density at radius 2 is 1.68 bits per heavy atom. The van der Waals surface area contributed by atoms with E-state index in [0.29, 0.717) is 23.5 Å². The molecule has 0 aromatic heterocycles. The molecule has 0 aliphatic carbocycles. The molecule has 0 spiro atoms. The second kappa shape index (κ2) is 8.34. The van der Waals surface area contributed by atoms with E-state index in [9.17, 15) is 30.3 Å². The molecule has 0 saturated heterocycles. The lowest BCUT2D eigenvalue weighted by atomic mass is 9.87. The van der Waals surface area contributed by atoms with E-state index in [0.717, 1.165) is 67.0 Å². The van der Waals surface area contributed by atoms with Crippen LogP contribution in [0.5, 0.6) is 11.5 Å². The van der Waals surface area contributed by atoms with Crippen LogP contribution in [0.25, 0.3) is 5.57 Å². The fourth-order valence-corrected chi connectivity index (χ4v) is 7.07. The van der Waals surface area contributed by atoms with Crippen molar-refractivity contribution in [1.82, 2.24) is 4.58 Å². The van der Waals surface area contributed by atoms with Gasteiger partial charge in [0, 0.05) is 40.3 Å². The minimum atomic E-state index is -5.22. The zero-order valence-corrected chi connectivity index (χ0v) is 21.5. The zero-order valence-electron chi connectivity index (χ0n) is 19.1. The predicted molar refractivity (Wildman–Crippen MR) is 131 cm³/mol. The standard InChI is InChI=1S/C25H19ClFNO7S2/c26-22-19(27)8-7-16-21(15-6-5-14(36(29,30)31)12-20(15)37(32,33)34)18-11-13-3-1-9-28-10-2-4-17(23(13)28)24(18)35-25(16)22/h5-8,11-12H,1-4,9-10H2,(H-,29,30,31,32,33,34). The van der Waals surface area contributed by atoms with Crippen molar-refractivity contribution in [1.29, 1.82) is 0 Å².